The summed E-state index contributed by atoms with van der Waals surface area (Å²) in [5.74, 6) is 0.0688. The number of methoxy groups -OCH3 is 1. The van der Waals surface area contributed by atoms with E-state index in [0.717, 1.165) is 0 Å². The van der Waals surface area contributed by atoms with Crippen molar-refractivity contribution in [2.45, 2.75) is 5.92 Å². The number of nitrogens with two attached hydrogens (primary N) is 1. The second-order valence-electron chi connectivity index (χ2n) is 8.10. The summed E-state index contributed by atoms with van der Waals surface area (Å²) in [6.45, 7) is 1.74. The van der Waals surface area contributed by atoms with Crippen LogP contribution < -0.4 is 19.9 Å². The number of aromatic amines is 1. The third-order valence-electron chi connectivity index (χ3n) is 6.07. The summed E-state index contributed by atoms with van der Waals surface area (Å²) in [7, 11) is 1.48. The van der Waals surface area contributed by atoms with Crippen molar-refractivity contribution in [2.75, 3.05) is 33.4 Å². The number of halogens is 1. The van der Waals surface area contributed by atoms with Crippen LogP contribution in [0.5, 0.6) is 17.4 Å². The fourth-order valence-electron chi connectivity index (χ4n) is 4.30. The molecule has 1 fully saturated rings. The normalized spacial score (nSPS) is 17.1. The molecule has 36 heavy (non-hydrogen) atoms. The minimum Gasteiger partial charge on any atom is -0.493 e. The molecule has 10 nitrogen and oxygen atoms in total. The van der Waals surface area contributed by atoms with Crippen LogP contribution in [0.2, 0.25) is 5.02 Å². The van der Waals surface area contributed by atoms with Crippen LogP contribution in [0.3, 0.4) is 0 Å². The number of ether oxygens (including phenoxy) is 4. The maximum Gasteiger partial charge on any atom is 0.415 e. The van der Waals surface area contributed by atoms with Crippen LogP contribution in [0, 0.1) is 11.3 Å². The van der Waals surface area contributed by atoms with Gasteiger partial charge < -0.3 is 29.6 Å². The molecule has 0 saturated carbocycles. The van der Waals surface area contributed by atoms with Crippen LogP contribution in [0.15, 0.2) is 53.9 Å². The van der Waals surface area contributed by atoms with Gasteiger partial charge in [-0.05, 0) is 23.8 Å². The van der Waals surface area contributed by atoms with E-state index in [1.54, 1.807) is 29.2 Å². The molecule has 0 radical (unpaired) electrons. The number of allylic oxidation sites excluding steroid dienone is 1. The van der Waals surface area contributed by atoms with Crippen molar-refractivity contribution in [3.05, 3.63) is 70.1 Å². The van der Waals surface area contributed by atoms with E-state index >= 15 is 0 Å². The van der Waals surface area contributed by atoms with E-state index in [4.69, 9.17) is 36.3 Å². The van der Waals surface area contributed by atoms with Gasteiger partial charge in [-0.3, -0.25) is 5.10 Å². The standard InChI is InChI=1S/C25H22ClN5O5/c1-33-18-7-6-14(12-19(18)35-25(32)31-8-10-34-11-9-31)20-16(13-27)23(28)36-24-21(20)22(29-30-24)15-4-2-3-5-17(15)26/h2-7,12,20H,8-11,28H2,1H3,(H,29,30)/t20-/m1/s1. The summed E-state index contributed by atoms with van der Waals surface area (Å²) in [5, 5.41) is 17.8. The monoisotopic (exact) mass is 507 g/mol. The lowest BCUT2D eigenvalue weighted by atomic mass is 9.83. The van der Waals surface area contributed by atoms with Gasteiger partial charge in [-0.2, -0.15) is 5.26 Å². The summed E-state index contributed by atoms with van der Waals surface area (Å²) < 4.78 is 22.1. The van der Waals surface area contributed by atoms with E-state index in [2.05, 4.69) is 16.3 Å². The number of H-pyrrole nitrogens is 1. The third-order valence-corrected chi connectivity index (χ3v) is 6.40. The molecule has 0 bridgehead atoms. The van der Waals surface area contributed by atoms with Gasteiger partial charge >= 0.3 is 6.09 Å². The van der Waals surface area contributed by atoms with Crippen molar-refractivity contribution in [3.63, 3.8) is 0 Å². The minimum atomic E-state index is -0.671. The molecule has 2 aliphatic heterocycles. The Kier molecular flexibility index (Phi) is 6.41. The number of benzene rings is 2. The Morgan fingerprint density at radius 2 is 2.03 bits per heavy atom. The number of aromatic nitrogens is 2. The Morgan fingerprint density at radius 3 is 2.75 bits per heavy atom. The van der Waals surface area contributed by atoms with Crippen molar-refractivity contribution >= 4 is 17.7 Å². The molecule has 0 unspecified atom stereocenters. The van der Waals surface area contributed by atoms with Crippen molar-refractivity contribution < 1.29 is 23.7 Å². The van der Waals surface area contributed by atoms with Crippen molar-refractivity contribution in [1.82, 2.24) is 15.1 Å². The molecule has 0 spiro atoms. The molecule has 11 heteroatoms. The lowest BCUT2D eigenvalue weighted by molar-refractivity contribution is 0.0413. The molecule has 2 aliphatic rings. The third kappa shape index (κ3) is 4.19. The number of amides is 1. The first-order chi connectivity index (χ1) is 17.5. The number of carbonyl (C=O) groups is 1. The first kappa shape index (κ1) is 23.5. The number of carbonyl (C=O) groups excluding carboxylic acids is 1. The van der Waals surface area contributed by atoms with Crippen molar-refractivity contribution in [2.24, 2.45) is 5.73 Å². The Bertz CT molecular complexity index is 1390. The number of hydrogen-bond acceptors (Lipinski definition) is 8. The predicted molar refractivity (Wildman–Crippen MR) is 130 cm³/mol. The van der Waals surface area contributed by atoms with Gasteiger partial charge in [-0.15, -0.1) is 5.10 Å². The van der Waals surface area contributed by atoms with E-state index in [1.165, 1.54) is 7.11 Å². The fourth-order valence-corrected chi connectivity index (χ4v) is 4.54. The zero-order valence-electron chi connectivity index (χ0n) is 19.3. The molecule has 3 N–H and O–H groups in total. The second kappa shape index (κ2) is 9.81. The maximum absolute atomic E-state index is 12.8. The van der Waals surface area contributed by atoms with Crippen LogP contribution >= 0.6 is 11.6 Å². The van der Waals surface area contributed by atoms with E-state index in [0.29, 0.717) is 59.5 Å². The molecule has 5 rings (SSSR count). The molecule has 1 amide bonds. The number of morpholine rings is 1. The second-order valence-corrected chi connectivity index (χ2v) is 8.51. The zero-order valence-corrected chi connectivity index (χ0v) is 20.0. The van der Waals surface area contributed by atoms with Gasteiger partial charge in [0.1, 0.15) is 11.6 Å². The molecule has 3 aromatic rings. The fraction of sp³-hybridized carbons (Fsp3) is 0.240. The summed E-state index contributed by atoms with van der Waals surface area (Å²) in [5.41, 5.74) is 8.78. The SMILES string of the molecule is COc1ccc([C@@H]2C(C#N)=C(N)Oc3n[nH]c(-c4ccccc4Cl)c32)cc1OC(=O)N1CCOCC1. The molecule has 3 heterocycles. The highest BCUT2D eigenvalue weighted by Gasteiger charge is 2.36. The zero-order chi connectivity index (χ0) is 25.2. The summed E-state index contributed by atoms with van der Waals surface area (Å²) in [4.78, 5) is 14.4. The Balaban J connectivity index is 1.60. The highest BCUT2D eigenvalue weighted by atomic mass is 35.5. The molecule has 1 saturated heterocycles. The minimum absolute atomic E-state index is 0.0603. The lowest BCUT2D eigenvalue weighted by Gasteiger charge is -2.27. The van der Waals surface area contributed by atoms with Gasteiger partial charge in [-0.1, -0.05) is 35.9 Å². The van der Waals surface area contributed by atoms with Crippen LogP contribution in [0.1, 0.15) is 17.0 Å². The van der Waals surface area contributed by atoms with Crippen molar-refractivity contribution in [3.8, 4) is 34.7 Å². The van der Waals surface area contributed by atoms with Gasteiger partial charge in [0.05, 0.1) is 37.5 Å². The average molecular weight is 508 g/mol. The molecule has 0 aliphatic carbocycles. The topological polar surface area (TPSA) is 136 Å². The van der Waals surface area contributed by atoms with Crippen molar-refractivity contribution in [1.29, 1.82) is 5.26 Å². The van der Waals surface area contributed by atoms with Crippen LogP contribution in [0.4, 0.5) is 4.79 Å². The number of nitrogens with zero attached hydrogens (tertiary/aromatic N) is 3. The Hall–Kier alpha value is -4.20. The van der Waals surface area contributed by atoms with E-state index in [9.17, 15) is 10.1 Å². The summed E-state index contributed by atoms with van der Waals surface area (Å²) in [6, 6.07) is 14.5. The Labute approximate surface area is 211 Å². The van der Waals surface area contributed by atoms with Crippen LogP contribution in [-0.2, 0) is 4.74 Å². The molecule has 2 aromatic carbocycles. The summed E-state index contributed by atoms with van der Waals surface area (Å²) in [6.07, 6.45) is -0.517. The van der Waals surface area contributed by atoms with Gasteiger partial charge in [0, 0.05) is 23.7 Å². The van der Waals surface area contributed by atoms with Crippen LogP contribution in [-0.4, -0.2) is 54.6 Å². The molecular weight excluding hydrogens is 486 g/mol. The molecule has 1 aromatic heterocycles. The first-order valence-electron chi connectivity index (χ1n) is 11.1. The van der Waals surface area contributed by atoms with Crippen LogP contribution in [0.25, 0.3) is 11.3 Å². The van der Waals surface area contributed by atoms with E-state index in [-0.39, 0.29) is 23.1 Å². The van der Waals surface area contributed by atoms with Gasteiger partial charge in [0.15, 0.2) is 11.5 Å². The Morgan fingerprint density at radius 1 is 1.25 bits per heavy atom. The molecule has 184 valence electrons. The summed E-state index contributed by atoms with van der Waals surface area (Å²) >= 11 is 6.47. The number of nitriles is 1. The predicted octanol–water partition coefficient (Wildman–Crippen LogP) is 3.79. The number of hydrogen-bond donors (Lipinski definition) is 2. The molecule has 1 atom stereocenters. The number of nitrogens with one attached hydrogen (secondary N) is 1. The van der Waals surface area contributed by atoms with Gasteiger partial charge in [-0.25, -0.2) is 4.79 Å². The quantitative estimate of drug-likeness (QED) is 0.544. The smallest absolute Gasteiger partial charge is 0.415 e. The number of rotatable bonds is 4. The highest BCUT2D eigenvalue weighted by Crippen LogP contribution is 2.47. The van der Waals surface area contributed by atoms with E-state index in [1.807, 2.05) is 18.2 Å². The van der Waals surface area contributed by atoms with Gasteiger partial charge in [0.2, 0.25) is 11.8 Å². The largest absolute Gasteiger partial charge is 0.493 e. The van der Waals surface area contributed by atoms with E-state index < -0.39 is 12.0 Å². The number of fused-ring (bicyclic) bond motifs is 1. The molecular formula is C25H22ClN5O5. The average Bonchev–Trinajstić information content (AvgIpc) is 3.31. The first-order valence-corrected chi connectivity index (χ1v) is 11.5. The highest BCUT2D eigenvalue weighted by molar-refractivity contribution is 6.33. The van der Waals surface area contributed by atoms with Gasteiger partial charge in [0.25, 0.3) is 0 Å². The maximum atomic E-state index is 12.8. The lowest BCUT2D eigenvalue weighted by Crippen LogP contribution is -2.42.